The van der Waals surface area contributed by atoms with Crippen LogP contribution >= 0.6 is 0 Å². The lowest BCUT2D eigenvalue weighted by Gasteiger charge is -2.33. The number of piperidine rings is 1. The van der Waals surface area contributed by atoms with Crippen molar-refractivity contribution in [3.63, 3.8) is 0 Å². The van der Waals surface area contributed by atoms with Gasteiger partial charge in [-0.3, -0.25) is 9.59 Å². The van der Waals surface area contributed by atoms with E-state index < -0.39 is 5.97 Å². The van der Waals surface area contributed by atoms with Crippen molar-refractivity contribution in [1.29, 1.82) is 0 Å². The monoisotopic (exact) mass is 332 g/mol. The molecule has 1 fully saturated rings. The van der Waals surface area contributed by atoms with Crippen molar-refractivity contribution in [2.24, 2.45) is 0 Å². The molecule has 1 saturated heterocycles. The lowest BCUT2D eigenvalue weighted by atomic mass is 9.89. The maximum absolute atomic E-state index is 12.7. The second-order valence-corrected chi connectivity index (χ2v) is 5.95. The van der Waals surface area contributed by atoms with Crippen LogP contribution in [0.4, 0.5) is 0 Å². The molecule has 1 aromatic carbocycles. The Morgan fingerprint density at radius 1 is 1.21 bits per heavy atom. The second-order valence-electron chi connectivity index (χ2n) is 5.95. The molecule has 1 aliphatic heterocycles. The summed E-state index contributed by atoms with van der Waals surface area (Å²) in [7, 11) is 0. The van der Waals surface area contributed by atoms with Gasteiger partial charge in [0.15, 0.2) is 0 Å². The minimum Gasteiger partial charge on any atom is -0.478 e. The highest BCUT2D eigenvalue weighted by Crippen LogP contribution is 2.28. The number of amides is 2. The van der Waals surface area contributed by atoms with E-state index in [0.717, 1.165) is 18.4 Å². The summed E-state index contributed by atoms with van der Waals surface area (Å²) in [5.74, 6) is -1.37. The molecule has 1 atom stereocenters. The molecule has 2 amide bonds. The minimum absolute atomic E-state index is 0.0322. The minimum atomic E-state index is -0.983. The van der Waals surface area contributed by atoms with E-state index in [9.17, 15) is 14.4 Å². The van der Waals surface area contributed by atoms with Crippen molar-refractivity contribution in [3.8, 4) is 0 Å². The molecule has 0 saturated carbocycles. The normalized spacial score (nSPS) is 17.7. The molecule has 1 unspecified atom stereocenters. The van der Waals surface area contributed by atoms with Crippen LogP contribution in [0.5, 0.6) is 0 Å². The molecule has 0 bridgehead atoms. The molecule has 2 rings (SSSR count). The van der Waals surface area contributed by atoms with E-state index in [1.54, 1.807) is 21.9 Å². The molecule has 6 nitrogen and oxygen atoms in total. The Hall–Kier alpha value is -2.37. The molecule has 24 heavy (non-hydrogen) atoms. The van der Waals surface area contributed by atoms with E-state index in [1.807, 2.05) is 13.8 Å². The molecule has 1 aliphatic rings. The quantitative estimate of drug-likeness (QED) is 0.864. The smallest absolute Gasteiger partial charge is 0.335 e. The van der Waals surface area contributed by atoms with Gasteiger partial charge in [0.1, 0.15) is 0 Å². The lowest BCUT2D eigenvalue weighted by molar-refractivity contribution is -0.142. The third-order valence-electron chi connectivity index (χ3n) is 4.53. The van der Waals surface area contributed by atoms with Crippen molar-refractivity contribution in [1.82, 2.24) is 9.80 Å². The second kappa shape index (κ2) is 7.95. The standard InChI is InChI=1S/C18H24N2O4/c1-3-19(4-2)16(21)12-20-11-5-6-15(17(20)22)13-7-9-14(10-8-13)18(23)24/h7-10,15H,3-6,11-12H2,1-2H3,(H,23,24). The SMILES string of the molecule is CCN(CC)C(=O)CN1CCCC(c2ccc(C(=O)O)cc2)C1=O. The van der Waals surface area contributed by atoms with Crippen LogP contribution in [0.1, 0.15) is 48.5 Å². The van der Waals surface area contributed by atoms with Gasteiger partial charge in [0.2, 0.25) is 11.8 Å². The Bertz CT molecular complexity index is 608. The fourth-order valence-corrected chi connectivity index (χ4v) is 3.10. The Labute approximate surface area is 142 Å². The highest BCUT2D eigenvalue weighted by atomic mass is 16.4. The summed E-state index contributed by atoms with van der Waals surface area (Å²) in [5.41, 5.74) is 1.01. The number of carboxylic acid groups (broad SMARTS) is 1. The molecule has 1 N–H and O–H groups in total. The first-order valence-electron chi connectivity index (χ1n) is 8.37. The Morgan fingerprint density at radius 2 is 1.83 bits per heavy atom. The van der Waals surface area contributed by atoms with Crippen molar-refractivity contribution in [3.05, 3.63) is 35.4 Å². The van der Waals surface area contributed by atoms with E-state index in [-0.39, 0.29) is 29.8 Å². The van der Waals surface area contributed by atoms with Crippen LogP contribution in [0, 0.1) is 0 Å². The zero-order valence-electron chi connectivity index (χ0n) is 14.2. The van der Waals surface area contributed by atoms with Crippen molar-refractivity contribution >= 4 is 17.8 Å². The first kappa shape index (κ1) is 18.0. The summed E-state index contributed by atoms with van der Waals surface area (Å²) in [6, 6.07) is 6.43. The highest BCUT2D eigenvalue weighted by Gasteiger charge is 2.31. The average molecular weight is 332 g/mol. The number of hydrogen-bond donors (Lipinski definition) is 1. The molecule has 1 aromatic rings. The van der Waals surface area contributed by atoms with Gasteiger partial charge in [0, 0.05) is 19.6 Å². The van der Waals surface area contributed by atoms with Crippen LogP contribution in [0.2, 0.25) is 0 Å². The number of hydrogen-bond acceptors (Lipinski definition) is 3. The number of likely N-dealkylation sites (tertiary alicyclic amines) is 1. The Kier molecular flexibility index (Phi) is 5.95. The van der Waals surface area contributed by atoms with Crippen molar-refractivity contribution < 1.29 is 19.5 Å². The van der Waals surface area contributed by atoms with Gasteiger partial charge in [-0.15, -0.1) is 0 Å². The molecule has 6 heteroatoms. The first-order valence-corrected chi connectivity index (χ1v) is 8.37. The maximum atomic E-state index is 12.7. The predicted octanol–water partition coefficient (Wildman–Crippen LogP) is 1.96. The van der Waals surface area contributed by atoms with Gasteiger partial charge in [-0.1, -0.05) is 12.1 Å². The van der Waals surface area contributed by atoms with Gasteiger partial charge in [-0.25, -0.2) is 4.79 Å². The van der Waals surface area contributed by atoms with Gasteiger partial charge < -0.3 is 14.9 Å². The van der Waals surface area contributed by atoms with E-state index in [1.165, 1.54) is 12.1 Å². The van der Waals surface area contributed by atoms with Gasteiger partial charge in [0.25, 0.3) is 0 Å². The van der Waals surface area contributed by atoms with Gasteiger partial charge in [-0.2, -0.15) is 0 Å². The molecule has 0 aromatic heterocycles. The molecule has 0 radical (unpaired) electrons. The Balaban J connectivity index is 2.09. The third-order valence-corrected chi connectivity index (χ3v) is 4.53. The zero-order chi connectivity index (χ0) is 17.7. The van der Waals surface area contributed by atoms with Crippen molar-refractivity contribution in [2.75, 3.05) is 26.2 Å². The molecule has 0 spiro atoms. The van der Waals surface area contributed by atoms with E-state index in [2.05, 4.69) is 0 Å². The van der Waals surface area contributed by atoms with Gasteiger partial charge in [-0.05, 0) is 44.4 Å². The van der Waals surface area contributed by atoms with Crippen LogP contribution in [0.25, 0.3) is 0 Å². The largest absolute Gasteiger partial charge is 0.478 e. The number of likely N-dealkylation sites (N-methyl/N-ethyl adjacent to an activating group) is 1. The fourth-order valence-electron chi connectivity index (χ4n) is 3.10. The molecule has 0 aliphatic carbocycles. The van der Waals surface area contributed by atoms with Crippen LogP contribution in [-0.4, -0.2) is 58.9 Å². The number of aromatic carboxylic acids is 1. The number of carbonyl (C=O) groups excluding carboxylic acids is 2. The summed E-state index contributed by atoms with van der Waals surface area (Å²) in [5, 5.41) is 8.96. The van der Waals surface area contributed by atoms with Crippen LogP contribution in [0.3, 0.4) is 0 Å². The van der Waals surface area contributed by atoms with Crippen LogP contribution in [0.15, 0.2) is 24.3 Å². The van der Waals surface area contributed by atoms with Gasteiger partial charge in [0.05, 0.1) is 18.0 Å². The maximum Gasteiger partial charge on any atom is 0.335 e. The van der Waals surface area contributed by atoms with E-state index in [4.69, 9.17) is 5.11 Å². The summed E-state index contributed by atoms with van der Waals surface area (Å²) in [6.07, 6.45) is 1.56. The molecular formula is C18H24N2O4. The molecule has 130 valence electrons. The predicted molar refractivity (Wildman–Crippen MR) is 89.9 cm³/mol. The molecular weight excluding hydrogens is 308 g/mol. The van der Waals surface area contributed by atoms with E-state index >= 15 is 0 Å². The number of rotatable bonds is 6. The van der Waals surface area contributed by atoms with Gasteiger partial charge >= 0.3 is 5.97 Å². The van der Waals surface area contributed by atoms with Crippen molar-refractivity contribution in [2.45, 2.75) is 32.6 Å². The Morgan fingerprint density at radius 3 is 2.38 bits per heavy atom. The summed E-state index contributed by atoms with van der Waals surface area (Å²) < 4.78 is 0. The number of benzene rings is 1. The fraction of sp³-hybridized carbons (Fsp3) is 0.500. The zero-order valence-corrected chi connectivity index (χ0v) is 14.2. The third kappa shape index (κ3) is 3.93. The first-order chi connectivity index (χ1) is 11.5. The number of carbonyl (C=O) groups is 3. The number of nitrogens with zero attached hydrogens (tertiary/aromatic N) is 2. The summed E-state index contributed by atoms with van der Waals surface area (Å²) in [4.78, 5) is 39.2. The summed E-state index contributed by atoms with van der Waals surface area (Å²) in [6.45, 7) is 5.83. The topological polar surface area (TPSA) is 77.9 Å². The van der Waals surface area contributed by atoms with E-state index in [0.29, 0.717) is 19.6 Å². The van der Waals surface area contributed by atoms with Crippen LogP contribution in [-0.2, 0) is 9.59 Å². The lowest BCUT2D eigenvalue weighted by Crippen LogP contribution is -2.46. The van der Waals surface area contributed by atoms with Crippen LogP contribution < -0.4 is 0 Å². The molecule has 1 heterocycles. The number of carboxylic acids is 1. The highest BCUT2D eigenvalue weighted by molar-refractivity contribution is 5.90. The summed E-state index contributed by atoms with van der Waals surface area (Å²) >= 11 is 0. The average Bonchev–Trinajstić information content (AvgIpc) is 2.58.